The van der Waals surface area contributed by atoms with Crippen molar-refractivity contribution < 1.29 is 0 Å². The molecule has 0 amide bonds. The number of rotatable bonds is 3. The van der Waals surface area contributed by atoms with Gasteiger partial charge in [0.05, 0.1) is 11.1 Å². The van der Waals surface area contributed by atoms with Crippen molar-refractivity contribution in [3.63, 3.8) is 0 Å². The molecule has 0 radical (unpaired) electrons. The van der Waals surface area contributed by atoms with Crippen LogP contribution in [0.3, 0.4) is 0 Å². The number of fused-ring (bicyclic) bond motifs is 1. The van der Waals surface area contributed by atoms with Gasteiger partial charge in [-0.25, -0.2) is 0 Å². The van der Waals surface area contributed by atoms with Crippen LogP contribution in [0.4, 0.5) is 0 Å². The zero-order chi connectivity index (χ0) is 11.0. The van der Waals surface area contributed by atoms with E-state index in [4.69, 9.17) is 5.73 Å². The lowest BCUT2D eigenvalue weighted by Crippen LogP contribution is -2.22. The molecule has 0 saturated heterocycles. The third kappa shape index (κ3) is 1.64. The summed E-state index contributed by atoms with van der Waals surface area (Å²) in [6.07, 6.45) is 3.94. The summed E-state index contributed by atoms with van der Waals surface area (Å²) in [5, 5.41) is 3.83. The summed E-state index contributed by atoms with van der Waals surface area (Å²) < 4.78 is 3.85. The average Bonchev–Trinajstić information content (AvgIpc) is 2.79. The maximum Gasteiger partial charge on any atom is 0.0669 e. The molecular formula is C12H13N3S. The molecule has 0 fully saturated rings. The standard InChI is InChI=1S/C12H13N3S/c13-11(12-7-14-15-16-12)6-9-5-8-3-1-2-4-10(8)9/h1-4,7,9,11H,5-6,13H2. The molecule has 16 heavy (non-hydrogen) atoms. The van der Waals surface area contributed by atoms with E-state index in [0.29, 0.717) is 5.92 Å². The normalized spacial score (nSPS) is 19.9. The van der Waals surface area contributed by atoms with Crippen LogP contribution in [0.2, 0.25) is 0 Å². The largest absolute Gasteiger partial charge is 0.323 e. The Labute approximate surface area is 98.5 Å². The highest BCUT2D eigenvalue weighted by Gasteiger charge is 2.27. The summed E-state index contributed by atoms with van der Waals surface area (Å²) >= 11 is 1.40. The van der Waals surface area contributed by atoms with Crippen molar-refractivity contribution in [3.05, 3.63) is 46.5 Å². The number of hydrogen-bond acceptors (Lipinski definition) is 4. The first-order valence-corrected chi connectivity index (χ1v) is 6.22. The lowest BCUT2D eigenvalue weighted by atomic mass is 9.74. The van der Waals surface area contributed by atoms with Crippen molar-refractivity contribution >= 4 is 11.5 Å². The smallest absolute Gasteiger partial charge is 0.0669 e. The van der Waals surface area contributed by atoms with E-state index in [1.54, 1.807) is 6.20 Å². The Morgan fingerprint density at radius 2 is 2.31 bits per heavy atom. The van der Waals surface area contributed by atoms with Gasteiger partial charge in [0.25, 0.3) is 0 Å². The molecule has 3 rings (SSSR count). The van der Waals surface area contributed by atoms with Gasteiger partial charge in [-0.3, -0.25) is 0 Å². The van der Waals surface area contributed by atoms with Crippen molar-refractivity contribution in [3.8, 4) is 0 Å². The van der Waals surface area contributed by atoms with Crippen LogP contribution in [-0.4, -0.2) is 9.59 Å². The van der Waals surface area contributed by atoms with Gasteiger partial charge in [-0.1, -0.05) is 28.8 Å². The Morgan fingerprint density at radius 1 is 1.44 bits per heavy atom. The highest BCUT2D eigenvalue weighted by Crippen LogP contribution is 2.40. The zero-order valence-corrected chi connectivity index (χ0v) is 9.65. The van der Waals surface area contributed by atoms with E-state index in [1.165, 1.54) is 22.7 Å². The quantitative estimate of drug-likeness (QED) is 0.881. The van der Waals surface area contributed by atoms with Crippen LogP contribution in [0.25, 0.3) is 0 Å². The molecule has 0 aliphatic heterocycles. The van der Waals surface area contributed by atoms with Crippen LogP contribution < -0.4 is 5.73 Å². The van der Waals surface area contributed by atoms with E-state index in [0.717, 1.165) is 17.7 Å². The Balaban J connectivity index is 1.70. The molecule has 2 aromatic rings. The van der Waals surface area contributed by atoms with Gasteiger partial charge in [-0.15, -0.1) is 5.10 Å². The van der Waals surface area contributed by atoms with E-state index >= 15 is 0 Å². The molecular weight excluding hydrogens is 218 g/mol. The van der Waals surface area contributed by atoms with E-state index in [1.807, 2.05) is 0 Å². The van der Waals surface area contributed by atoms with Crippen LogP contribution in [0, 0.1) is 0 Å². The van der Waals surface area contributed by atoms with Crippen molar-refractivity contribution in [2.75, 3.05) is 0 Å². The Hall–Kier alpha value is -1.26. The number of aromatic nitrogens is 2. The average molecular weight is 231 g/mol. The van der Waals surface area contributed by atoms with E-state index in [2.05, 4.69) is 33.9 Å². The number of hydrogen-bond donors (Lipinski definition) is 1. The molecule has 1 aliphatic carbocycles. The van der Waals surface area contributed by atoms with Crippen LogP contribution in [0.5, 0.6) is 0 Å². The van der Waals surface area contributed by atoms with Crippen molar-refractivity contribution in [1.29, 1.82) is 0 Å². The maximum absolute atomic E-state index is 6.14. The highest BCUT2D eigenvalue weighted by atomic mass is 32.1. The van der Waals surface area contributed by atoms with E-state index in [-0.39, 0.29) is 6.04 Å². The molecule has 0 bridgehead atoms. The molecule has 1 aromatic heterocycles. The lowest BCUT2D eigenvalue weighted by molar-refractivity contribution is 0.502. The SMILES string of the molecule is NC(CC1Cc2ccccc21)c1cnns1. The predicted octanol–water partition coefficient (Wildman–Crippen LogP) is 2.27. The summed E-state index contributed by atoms with van der Waals surface area (Å²) in [7, 11) is 0. The first-order valence-electron chi connectivity index (χ1n) is 5.45. The minimum Gasteiger partial charge on any atom is -0.323 e. The fraction of sp³-hybridized carbons (Fsp3) is 0.333. The molecule has 1 aliphatic rings. The highest BCUT2D eigenvalue weighted by molar-refractivity contribution is 7.05. The molecule has 0 spiro atoms. The van der Waals surface area contributed by atoms with Crippen molar-refractivity contribution in [1.82, 2.24) is 9.59 Å². The van der Waals surface area contributed by atoms with Gasteiger partial charge in [0, 0.05) is 6.04 Å². The number of benzene rings is 1. The first-order chi connectivity index (χ1) is 7.84. The second-order valence-electron chi connectivity index (χ2n) is 4.26. The van der Waals surface area contributed by atoms with Gasteiger partial charge in [0.2, 0.25) is 0 Å². The molecule has 1 aromatic carbocycles. The Morgan fingerprint density at radius 3 is 3.06 bits per heavy atom. The van der Waals surface area contributed by atoms with Gasteiger partial charge in [-0.2, -0.15) is 0 Å². The summed E-state index contributed by atoms with van der Waals surface area (Å²) in [5.41, 5.74) is 9.08. The molecule has 4 heteroatoms. The van der Waals surface area contributed by atoms with Gasteiger partial charge in [0.1, 0.15) is 0 Å². The maximum atomic E-state index is 6.14. The second kappa shape index (κ2) is 3.96. The topological polar surface area (TPSA) is 51.8 Å². The third-order valence-electron chi connectivity index (χ3n) is 3.24. The summed E-state index contributed by atoms with van der Waals surface area (Å²) in [6.45, 7) is 0. The van der Waals surface area contributed by atoms with Gasteiger partial charge < -0.3 is 5.73 Å². The summed E-state index contributed by atoms with van der Waals surface area (Å²) in [4.78, 5) is 1.09. The molecule has 2 unspecified atom stereocenters. The van der Waals surface area contributed by atoms with Crippen LogP contribution in [0.15, 0.2) is 30.5 Å². The lowest BCUT2D eigenvalue weighted by Gasteiger charge is -2.31. The predicted molar refractivity (Wildman–Crippen MR) is 64.3 cm³/mol. The number of nitrogens with zero attached hydrogens (tertiary/aromatic N) is 2. The Kier molecular flexibility index (Phi) is 2.46. The zero-order valence-electron chi connectivity index (χ0n) is 8.84. The van der Waals surface area contributed by atoms with Crippen LogP contribution in [0.1, 0.15) is 34.4 Å². The van der Waals surface area contributed by atoms with Gasteiger partial charge in [0.15, 0.2) is 0 Å². The van der Waals surface area contributed by atoms with E-state index < -0.39 is 0 Å². The third-order valence-corrected chi connectivity index (χ3v) is 4.04. The molecule has 2 atom stereocenters. The van der Waals surface area contributed by atoms with Gasteiger partial charge in [-0.05, 0) is 41.4 Å². The summed E-state index contributed by atoms with van der Waals surface area (Å²) in [5.74, 6) is 0.619. The fourth-order valence-corrected chi connectivity index (χ4v) is 2.85. The van der Waals surface area contributed by atoms with Gasteiger partial charge >= 0.3 is 0 Å². The number of nitrogens with two attached hydrogens (primary N) is 1. The second-order valence-corrected chi connectivity index (χ2v) is 5.08. The van der Waals surface area contributed by atoms with E-state index in [9.17, 15) is 0 Å². The van der Waals surface area contributed by atoms with Crippen molar-refractivity contribution in [2.24, 2.45) is 5.73 Å². The molecule has 1 heterocycles. The molecule has 82 valence electrons. The van der Waals surface area contributed by atoms with Crippen LogP contribution in [-0.2, 0) is 6.42 Å². The monoisotopic (exact) mass is 231 g/mol. The molecule has 3 nitrogen and oxygen atoms in total. The molecule has 2 N–H and O–H groups in total. The first kappa shape index (κ1) is 9.93. The van der Waals surface area contributed by atoms with Crippen molar-refractivity contribution in [2.45, 2.75) is 24.8 Å². The van der Waals surface area contributed by atoms with Crippen LogP contribution >= 0.6 is 11.5 Å². The minimum absolute atomic E-state index is 0.0818. The minimum atomic E-state index is 0.0818. The Bertz CT molecular complexity index is 481. The summed E-state index contributed by atoms with van der Waals surface area (Å²) in [6, 6.07) is 8.69. The molecule has 0 saturated carbocycles. The fourth-order valence-electron chi connectivity index (χ4n) is 2.33.